The van der Waals surface area contributed by atoms with E-state index in [9.17, 15) is 9.59 Å². The first-order valence-electron chi connectivity index (χ1n) is 6.91. The van der Waals surface area contributed by atoms with Gasteiger partial charge in [-0.15, -0.1) is 0 Å². The number of nitrogens with two attached hydrogens (primary N) is 1. The molecule has 2 aromatic rings. The van der Waals surface area contributed by atoms with Crippen LogP contribution < -0.4 is 15.4 Å². The maximum Gasteiger partial charge on any atom is 0.373 e. The molecule has 1 amide bonds. The Labute approximate surface area is 131 Å². The summed E-state index contributed by atoms with van der Waals surface area (Å²) in [7, 11) is 1.26. The normalized spacial score (nSPS) is 16.7. The fourth-order valence-corrected chi connectivity index (χ4v) is 2.28. The molecule has 3 heterocycles. The number of aromatic nitrogens is 1. The van der Waals surface area contributed by atoms with E-state index in [2.05, 4.69) is 9.72 Å². The number of amides is 1. The minimum absolute atomic E-state index is 0.0667. The number of hydrogen-bond donors (Lipinski definition) is 1. The third kappa shape index (κ3) is 2.70. The van der Waals surface area contributed by atoms with Crippen molar-refractivity contribution in [3.8, 4) is 5.75 Å². The number of ether oxygens (including phenoxy) is 2. The SMILES string of the molecule is COC(=O)c1ccc(CN2C(=O)C(C)Oc3ccc(N)nc32)o1. The van der Waals surface area contributed by atoms with Gasteiger partial charge in [-0.3, -0.25) is 9.69 Å². The van der Waals surface area contributed by atoms with Crippen LogP contribution in [0.5, 0.6) is 5.75 Å². The van der Waals surface area contributed by atoms with Crippen molar-refractivity contribution >= 4 is 23.5 Å². The Bertz CT molecular complexity index is 770. The molecule has 1 unspecified atom stereocenters. The van der Waals surface area contributed by atoms with E-state index in [4.69, 9.17) is 14.9 Å². The summed E-state index contributed by atoms with van der Waals surface area (Å²) in [5.74, 6) is 0.692. The monoisotopic (exact) mass is 317 g/mol. The molecule has 8 nitrogen and oxygen atoms in total. The number of fused-ring (bicyclic) bond motifs is 1. The fraction of sp³-hybridized carbons (Fsp3) is 0.267. The molecular formula is C15H15N3O5. The molecule has 1 aliphatic heterocycles. The number of hydrogen-bond acceptors (Lipinski definition) is 7. The molecule has 0 aromatic carbocycles. The van der Waals surface area contributed by atoms with Crippen molar-refractivity contribution in [1.82, 2.24) is 4.98 Å². The summed E-state index contributed by atoms with van der Waals surface area (Å²) in [6, 6.07) is 6.35. The second kappa shape index (κ2) is 5.64. The highest BCUT2D eigenvalue weighted by Gasteiger charge is 2.33. The van der Waals surface area contributed by atoms with Gasteiger partial charge in [0.15, 0.2) is 17.7 Å². The van der Waals surface area contributed by atoms with E-state index >= 15 is 0 Å². The molecule has 0 radical (unpaired) electrons. The Morgan fingerprint density at radius 1 is 1.39 bits per heavy atom. The average Bonchev–Trinajstić information content (AvgIpc) is 3.00. The Balaban J connectivity index is 1.92. The van der Waals surface area contributed by atoms with Gasteiger partial charge in [-0.2, -0.15) is 0 Å². The zero-order chi connectivity index (χ0) is 16.6. The number of rotatable bonds is 3. The quantitative estimate of drug-likeness (QED) is 0.851. The lowest BCUT2D eigenvalue weighted by molar-refractivity contribution is -0.125. The highest BCUT2D eigenvalue weighted by molar-refractivity contribution is 5.98. The smallest absolute Gasteiger partial charge is 0.373 e. The molecule has 0 saturated carbocycles. The van der Waals surface area contributed by atoms with Crippen molar-refractivity contribution in [1.29, 1.82) is 0 Å². The molecule has 3 rings (SSSR count). The van der Waals surface area contributed by atoms with Gasteiger partial charge < -0.3 is 19.6 Å². The molecule has 0 saturated heterocycles. The topological polar surface area (TPSA) is 108 Å². The van der Waals surface area contributed by atoms with Crippen LogP contribution >= 0.6 is 0 Å². The van der Waals surface area contributed by atoms with Crippen LogP contribution in [-0.4, -0.2) is 30.1 Å². The zero-order valence-electron chi connectivity index (χ0n) is 12.6. The Morgan fingerprint density at radius 3 is 2.91 bits per heavy atom. The van der Waals surface area contributed by atoms with Crippen LogP contribution in [0.25, 0.3) is 0 Å². The summed E-state index contributed by atoms with van der Waals surface area (Å²) >= 11 is 0. The summed E-state index contributed by atoms with van der Waals surface area (Å²) < 4.78 is 15.5. The van der Waals surface area contributed by atoms with Crippen molar-refractivity contribution < 1.29 is 23.5 Å². The number of esters is 1. The third-order valence-corrected chi connectivity index (χ3v) is 3.40. The molecule has 8 heteroatoms. The molecule has 2 N–H and O–H groups in total. The van der Waals surface area contributed by atoms with Crippen LogP contribution in [0.1, 0.15) is 23.2 Å². The lowest BCUT2D eigenvalue weighted by atomic mass is 10.2. The van der Waals surface area contributed by atoms with Gasteiger partial charge >= 0.3 is 5.97 Å². The first kappa shape index (κ1) is 14.9. The molecular weight excluding hydrogens is 302 g/mol. The number of carbonyl (C=O) groups excluding carboxylic acids is 2. The Morgan fingerprint density at radius 2 is 2.17 bits per heavy atom. The van der Waals surface area contributed by atoms with E-state index in [1.807, 2.05) is 0 Å². The first-order chi connectivity index (χ1) is 11.0. The number of methoxy groups -OCH3 is 1. The van der Waals surface area contributed by atoms with Crippen molar-refractivity contribution in [2.45, 2.75) is 19.6 Å². The molecule has 1 aliphatic rings. The predicted molar refractivity (Wildman–Crippen MR) is 80.0 cm³/mol. The minimum Gasteiger partial charge on any atom is -0.477 e. The Kier molecular flexibility index (Phi) is 3.65. The zero-order valence-corrected chi connectivity index (χ0v) is 12.6. The maximum absolute atomic E-state index is 12.4. The maximum atomic E-state index is 12.4. The number of nitrogens with zero attached hydrogens (tertiary/aromatic N) is 2. The second-order valence-electron chi connectivity index (χ2n) is 5.00. The van der Waals surface area contributed by atoms with Gasteiger partial charge in [0.2, 0.25) is 5.76 Å². The third-order valence-electron chi connectivity index (χ3n) is 3.40. The van der Waals surface area contributed by atoms with Gasteiger partial charge in [-0.25, -0.2) is 9.78 Å². The highest BCUT2D eigenvalue weighted by Crippen LogP contribution is 2.34. The van der Waals surface area contributed by atoms with E-state index in [0.717, 1.165) is 0 Å². The van der Waals surface area contributed by atoms with Crippen LogP contribution in [0, 0.1) is 0 Å². The lowest BCUT2D eigenvalue weighted by Gasteiger charge is -2.31. The van der Waals surface area contributed by atoms with Crippen LogP contribution in [0.3, 0.4) is 0 Å². The predicted octanol–water partition coefficient (Wildman–Crippen LogP) is 1.36. The lowest BCUT2D eigenvalue weighted by Crippen LogP contribution is -2.44. The summed E-state index contributed by atoms with van der Waals surface area (Å²) in [6.07, 6.45) is -0.650. The first-order valence-corrected chi connectivity index (χ1v) is 6.91. The minimum atomic E-state index is -0.650. The van der Waals surface area contributed by atoms with Crippen LogP contribution in [0.15, 0.2) is 28.7 Å². The van der Waals surface area contributed by atoms with Crippen LogP contribution in [0.4, 0.5) is 11.6 Å². The molecule has 1 atom stereocenters. The molecule has 0 fully saturated rings. The number of nitrogen functional groups attached to an aromatic ring is 1. The standard InChI is InChI=1S/C15H15N3O5/c1-8-14(19)18(13-10(22-8)5-6-12(16)17-13)7-9-3-4-11(23-9)15(20)21-2/h3-6,8H,7H2,1-2H3,(H2,16,17). The van der Waals surface area contributed by atoms with Gasteiger partial charge in [-0.1, -0.05) is 0 Å². The van der Waals surface area contributed by atoms with Gasteiger partial charge in [0.1, 0.15) is 11.6 Å². The van der Waals surface area contributed by atoms with E-state index < -0.39 is 12.1 Å². The van der Waals surface area contributed by atoms with Gasteiger partial charge in [0, 0.05) is 0 Å². The number of carbonyl (C=O) groups is 2. The van der Waals surface area contributed by atoms with Gasteiger partial charge in [0.05, 0.1) is 13.7 Å². The molecule has 120 valence electrons. The van der Waals surface area contributed by atoms with Crippen molar-refractivity contribution in [2.24, 2.45) is 0 Å². The highest BCUT2D eigenvalue weighted by atomic mass is 16.5. The van der Waals surface area contributed by atoms with Crippen molar-refractivity contribution in [2.75, 3.05) is 17.7 Å². The average molecular weight is 317 g/mol. The van der Waals surface area contributed by atoms with Crippen molar-refractivity contribution in [3.05, 3.63) is 35.8 Å². The molecule has 0 spiro atoms. The van der Waals surface area contributed by atoms with E-state index in [-0.39, 0.29) is 24.0 Å². The summed E-state index contributed by atoms with van der Waals surface area (Å²) in [4.78, 5) is 29.4. The van der Waals surface area contributed by atoms with E-state index in [0.29, 0.717) is 17.3 Å². The van der Waals surface area contributed by atoms with Gasteiger partial charge in [-0.05, 0) is 31.2 Å². The number of anilines is 2. The number of pyridine rings is 1. The summed E-state index contributed by atoms with van der Waals surface area (Å²) in [5.41, 5.74) is 5.69. The molecule has 0 aliphatic carbocycles. The van der Waals surface area contributed by atoms with Crippen LogP contribution in [-0.2, 0) is 16.1 Å². The molecule has 0 bridgehead atoms. The number of furan rings is 1. The van der Waals surface area contributed by atoms with Crippen LogP contribution in [0.2, 0.25) is 0 Å². The van der Waals surface area contributed by atoms with E-state index in [1.165, 1.54) is 18.1 Å². The largest absolute Gasteiger partial charge is 0.477 e. The summed E-state index contributed by atoms with van der Waals surface area (Å²) in [6.45, 7) is 1.75. The Hall–Kier alpha value is -3.03. The van der Waals surface area contributed by atoms with E-state index in [1.54, 1.807) is 25.1 Å². The molecule has 2 aromatic heterocycles. The van der Waals surface area contributed by atoms with Crippen molar-refractivity contribution in [3.63, 3.8) is 0 Å². The summed E-state index contributed by atoms with van der Waals surface area (Å²) in [5, 5.41) is 0. The molecule has 23 heavy (non-hydrogen) atoms. The fourth-order valence-electron chi connectivity index (χ4n) is 2.28. The van der Waals surface area contributed by atoms with Gasteiger partial charge in [0.25, 0.3) is 5.91 Å². The second-order valence-corrected chi connectivity index (χ2v) is 5.00.